The number of hydrogen-bond acceptors (Lipinski definition) is 4. The summed E-state index contributed by atoms with van der Waals surface area (Å²) in [7, 11) is 0. The van der Waals surface area contributed by atoms with Gasteiger partial charge in [0.15, 0.2) is 5.58 Å². The van der Waals surface area contributed by atoms with Crippen LogP contribution in [-0.2, 0) is 23.9 Å². The van der Waals surface area contributed by atoms with Crippen LogP contribution >= 0.6 is 0 Å². The second kappa shape index (κ2) is 8.87. The fourth-order valence-corrected chi connectivity index (χ4v) is 3.22. The number of benzene rings is 2. The Labute approximate surface area is 171 Å². The molecule has 0 fully saturated rings. The molecule has 0 spiro atoms. The van der Waals surface area contributed by atoms with Crippen molar-refractivity contribution in [2.45, 2.75) is 39.4 Å². The molecule has 1 aromatic heterocycles. The molecule has 160 valence electrons. The standard InChI is InChI=1S/C22H23F3N2O3/c1-13(2)9-15-4-5-16(11-17(15)22(23,24)25)21-27-18-6-3-14(10-19(18)30-21)12-26-8-7-20(28)29/h3-6,10-11,13,26H,7-9,12H2,1-2H3,(H,28,29). The highest BCUT2D eigenvalue weighted by atomic mass is 19.4. The molecule has 0 saturated carbocycles. The first-order valence-electron chi connectivity index (χ1n) is 9.66. The third-order valence-electron chi connectivity index (χ3n) is 4.59. The van der Waals surface area contributed by atoms with E-state index in [0.29, 0.717) is 30.6 Å². The molecule has 0 amide bonds. The Hall–Kier alpha value is -2.87. The molecule has 2 N–H and O–H groups in total. The SMILES string of the molecule is CC(C)Cc1ccc(-c2nc3ccc(CNCCC(=O)O)cc3o2)cc1C(F)(F)F. The lowest BCUT2D eigenvalue weighted by atomic mass is 9.96. The summed E-state index contributed by atoms with van der Waals surface area (Å²) in [6, 6.07) is 9.48. The fourth-order valence-electron chi connectivity index (χ4n) is 3.22. The number of aromatic nitrogens is 1. The van der Waals surface area contributed by atoms with E-state index < -0.39 is 17.7 Å². The molecule has 0 aliphatic carbocycles. The second-order valence-corrected chi connectivity index (χ2v) is 7.61. The van der Waals surface area contributed by atoms with Gasteiger partial charge in [0.25, 0.3) is 0 Å². The molecule has 0 unspecified atom stereocenters. The minimum absolute atomic E-state index is 0.0169. The van der Waals surface area contributed by atoms with E-state index in [1.165, 1.54) is 6.07 Å². The largest absolute Gasteiger partial charge is 0.481 e. The molecule has 0 radical (unpaired) electrons. The summed E-state index contributed by atoms with van der Waals surface area (Å²) < 4.78 is 46.4. The van der Waals surface area contributed by atoms with E-state index in [1.807, 2.05) is 19.9 Å². The maximum atomic E-state index is 13.6. The van der Waals surface area contributed by atoms with Gasteiger partial charge in [0.2, 0.25) is 5.89 Å². The molecular weight excluding hydrogens is 397 g/mol. The molecule has 0 atom stereocenters. The molecule has 3 rings (SSSR count). The van der Waals surface area contributed by atoms with Crippen LogP contribution in [0, 0.1) is 5.92 Å². The van der Waals surface area contributed by atoms with Gasteiger partial charge in [0.1, 0.15) is 5.52 Å². The minimum atomic E-state index is -4.46. The molecule has 1 heterocycles. The maximum Gasteiger partial charge on any atom is 0.416 e. The lowest BCUT2D eigenvalue weighted by Crippen LogP contribution is -2.17. The van der Waals surface area contributed by atoms with Crippen molar-refractivity contribution in [2.75, 3.05) is 6.54 Å². The van der Waals surface area contributed by atoms with Crippen LogP contribution in [0.25, 0.3) is 22.6 Å². The first-order chi connectivity index (χ1) is 14.1. The van der Waals surface area contributed by atoms with Crippen LogP contribution in [0.2, 0.25) is 0 Å². The van der Waals surface area contributed by atoms with Crippen LogP contribution in [-0.4, -0.2) is 22.6 Å². The molecule has 0 saturated heterocycles. The van der Waals surface area contributed by atoms with Crippen molar-refractivity contribution in [3.05, 3.63) is 53.1 Å². The number of nitrogens with one attached hydrogen (secondary N) is 1. The van der Waals surface area contributed by atoms with Gasteiger partial charge in [-0.25, -0.2) is 4.98 Å². The Kier molecular flexibility index (Phi) is 6.45. The van der Waals surface area contributed by atoms with Crippen molar-refractivity contribution >= 4 is 17.1 Å². The van der Waals surface area contributed by atoms with Gasteiger partial charge >= 0.3 is 12.1 Å². The van der Waals surface area contributed by atoms with E-state index in [0.717, 1.165) is 11.6 Å². The van der Waals surface area contributed by atoms with Gasteiger partial charge < -0.3 is 14.8 Å². The Balaban J connectivity index is 1.86. The molecule has 0 aliphatic heterocycles. The van der Waals surface area contributed by atoms with E-state index in [9.17, 15) is 18.0 Å². The van der Waals surface area contributed by atoms with Crippen LogP contribution in [0.4, 0.5) is 13.2 Å². The molecule has 0 bridgehead atoms. The predicted molar refractivity (Wildman–Crippen MR) is 107 cm³/mol. The van der Waals surface area contributed by atoms with Crippen molar-refractivity contribution in [2.24, 2.45) is 5.92 Å². The Morgan fingerprint density at radius 3 is 2.63 bits per heavy atom. The number of oxazole rings is 1. The Morgan fingerprint density at radius 1 is 1.20 bits per heavy atom. The van der Waals surface area contributed by atoms with E-state index >= 15 is 0 Å². The highest BCUT2D eigenvalue weighted by molar-refractivity contribution is 5.77. The number of alkyl halides is 3. The number of carboxylic acids is 1. The zero-order chi connectivity index (χ0) is 21.9. The monoisotopic (exact) mass is 420 g/mol. The Bertz CT molecular complexity index is 1040. The van der Waals surface area contributed by atoms with Gasteiger partial charge in [0, 0.05) is 18.7 Å². The number of nitrogens with zero attached hydrogens (tertiary/aromatic N) is 1. The highest BCUT2D eigenvalue weighted by Gasteiger charge is 2.34. The molecule has 5 nitrogen and oxygen atoms in total. The van der Waals surface area contributed by atoms with E-state index in [2.05, 4.69) is 10.3 Å². The van der Waals surface area contributed by atoms with E-state index in [-0.39, 0.29) is 29.4 Å². The van der Waals surface area contributed by atoms with Crippen molar-refractivity contribution in [1.82, 2.24) is 10.3 Å². The number of carbonyl (C=O) groups is 1. The van der Waals surface area contributed by atoms with Crippen LogP contribution in [0.3, 0.4) is 0 Å². The summed E-state index contributed by atoms with van der Waals surface area (Å²) >= 11 is 0. The number of halogens is 3. The molecule has 0 aliphatic rings. The fraction of sp³-hybridized carbons (Fsp3) is 0.364. The smallest absolute Gasteiger partial charge is 0.416 e. The van der Waals surface area contributed by atoms with Crippen LogP contribution < -0.4 is 5.32 Å². The quantitative estimate of drug-likeness (QED) is 0.485. The van der Waals surface area contributed by atoms with Gasteiger partial charge in [-0.2, -0.15) is 13.2 Å². The highest BCUT2D eigenvalue weighted by Crippen LogP contribution is 2.36. The normalized spacial score (nSPS) is 12.1. The van der Waals surface area contributed by atoms with Crippen LogP contribution in [0.5, 0.6) is 0 Å². The summed E-state index contributed by atoms with van der Waals surface area (Å²) in [5.74, 6) is -0.651. The van der Waals surface area contributed by atoms with Gasteiger partial charge in [0.05, 0.1) is 12.0 Å². The topological polar surface area (TPSA) is 75.4 Å². The molecule has 2 aromatic carbocycles. The lowest BCUT2D eigenvalue weighted by Gasteiger charge is -2.15. The van der Waals surface area contributed by atoms with Gasteiger partial charge in [-0.15, -0.1) is 0 Å². The van der Waals surface area contributed by atoms with Crippen molar-refractivity contribution < 1.29 is 27.5 Å². The summed E-state index contributed by atoms with van der Waals surface area (Å²) in [5.41, 5.74) is 1.72. The summed E-state index contributed by atoms with van der Waals surface area (Å²) in [5, 5.41) is 11.7. The first-order valence-corrected chi connectivity index (χ1v) is 9.66. The minimum Gasteiger partial charge on any atom is -0.481 e. The van der Waals surface area contributed by atoms with Crippen molar-refractivity contribution in [1.29, 1.82) is 0 Å². The van der Waals surface area contributed by atoms with Crippen LogP contribution in [0.1, 0.15) is 37.0 Å². The first kappa shape index (κ1) is 21.8. The van der Waals surface area contributed by atoms with Crippen molar-refractivity contribution in [3.63, 3.8) is 0 Å². The number of aliphatic carboxylic acids is 1. The zero-order valence-corrected chi connectivity index (χ0v) is 16.7. The van der Waals surface area contributed by atoms with E-state index in [1.54, 1.807) is 18.2 Å². The molecule has 3 aromatic rings. The number of carboxylic acid groups (broad SMARTS) is 1. The van der Waals surface area contributed by atoms with Crippen LogP contribution in [0.15, 0.2) is 40.8 Å². The lowest BCUT2D eigenvalue weighted by molar-refractivity contribution is -0.138. The summed E-state index contributed by atoms with van der Waals surface area (Å²) in [6.45, 7) is 4.53. The summed E-state index contributed by atoms with van der Waals surface area (Å²) in [6.07, 6.45) is -4.11. The zero-order valence-electron chi connectivity index (χ0n) is 16.7. The van der Waals surface area contributed by atoms with Gasteiger partial charge in [-0.05, 0) is 47.7 Å². The Morgan fingerprint density at radius 2 is 1.97 bits per heavy atom. The number of rotatable bonds is 8. The predicted octanol–water partition coefficient (Wildman–Crippen LogP) is 5.28. The molecule has 30 heavy (non-hydrogen) atoms. The van der Waals surface area contributed by atoms with Gasteiger partial charge in [-0.3, -0.25) is 4.79 Å². The molecular formula is C22H23F3N2O3. The maximum absolute atomic E-state index is 13.6. The summed E-state index contributed by atoms with van der Waals surface area (Å²) in [4.78, 5) is 14.9. The average Bonchev–Trinajstić information content (AvgIpc) is 3.07. The van der Waals surface area contributed by atoms with E-state index in [4.69, 9.17) is 9.52 Å². The molecule has 8 heteroatoms. The number of fused-ring (bicyclic) bond motifs is 1. The third-order valence-corrected chi connectivity index (χ3v) is 4.59. The third kappa shape index (κ3) is 5.38. The number of hydrogen-bond donors (Lipinski definition) is 2. The van der Waals surface area contributed by atoms with Crippen molar-refractivity contribution in [3.8, 4) is 11.5 Å². The second-order valence-electron chi connectivity index (χ2n) is 7.61. The average molecular weight is 420 g/mol. The van der Waals surface area contributed by atoms with Gasteiger partial charge in [-0.1, -0.05) is 26.0 Å².